The summed E-state index contributed by atoms with van der Waals surface area (Å²) in [6.45, 7) is 0.842. The van der Waals surface area contributed by atoms with Crippen molar-refractivity contribution in [3.8, 4) is 11.5 Å². The number of fused-ring (bicyclic) bond motifs is 2. The fraction of sp³-hybridized carbons (Fsp3) is 0.133. The molecule has 0 amide bonds. The Hall–Kier alpha value is -2.65. The largest absolute Gasteiger partial charge is 0.486 e. The molecule has 4 rings (SSSR count). The third-order valence-corrected chi connectivity index (χ3v) is 5.50. The normalized spacial score (nSPS) is 13.8. The molecule has 8 nitrogen and oxygen atoms in total. The van der Waals surface area contributed by atoms with Crippen LogP contribution in [0.4, 0.5) is 5.69 Å². The van der Waals surface area contributed by atoms with E-state index in [0.29, 0.717) is 41.4 Å². The summed E-state index contributed by atoms with van der Waals surface area (Å²) >= 11 is 6.08. The quantitative estimate of drug-likeness (QED) is 0.642. The minimum Gasteiger partial charge on any atom is -0.486 e. The monoisotopic (exact) mass is 381 g/mol. The predicted molar refractivity (Wildman–Crippen MR) is 92.2 cm³/mol. The molecule has 0 spiro atoms. The highest BCUT2D eigenvalue weighted by atomic mass is 35.5. The lowest BCUT2D eigenvalue weighted by Gasteiger charge is -2.19. The van der Waals surface area contributed by atoms with Crippen molar-refractivity contribution in [2.45, 2.75) is 4.90 Å². The molecule has 0 radical (unpaired) electrons. The van der Waals surface area contributed by atoms with Crippen molar-refractivity contribution in [2.75, 3.05) is 17.9 Å². The molecule has 0 unspecified atom stereocenters. The molecular weight excluding hydrogens is 370 g/mol. The van der Waals surface area contributed by atoms with Crippen LogP contribution in [0.25, 0.3) is 11.0 Å². The molecule has 3 N–H and O–H groups in total. The topological polar surface area (TPSA) is 113 Å². The van der Waals surface area contributed by atoms with Crippen LogP contribution >= 0.6 is 11.6 Å². The molecule has 1 aliphatic heterocycles. The van der Waals surface area contributed by atoms with Crippen molar-refractivity contribution in [2.24, 2.45) is 0 Å². The maximum atomic E-state index is 12.7. The lowest BCUT2D eigenvalue weighted by molar-refractivity contribution is 0.171. The Morgan fingerprint density at radius 3 is 2.44 bits per heavy atom. The molecule has 10 heteroatoms. The van der Waals surface area contributed by atoms with E-state index in [1.54, 1.807) is 12.1 Å². The zero-order valence-electron chi connectivity index (χ0n) is 12.6. The fourth-order valence-electron chi connectivity index (χ4n) is 2.56. The third kappa shape index (κ3) is 2.92. The summed E-state index contributed by atoms with van der Waals surface area (Å²) < 4.78 is 38.6. The fourth-order valence-corrected chi connectivity index (χ4v) is 4.16. The SMILES string of the molecule is O=c1[nH]c2cc(Cl)c(S(=O)(=O)Nc3ccc4c(c3)OCCO4)cc2[nH]1. The molecule has 0 saturated carbocycles. The molecule has 1 aromatic heterocycles. The highest BCUT2D eigenvalue weighted by Gasteiger charge is 2.21. The summed E-state index contributed by atoms with van der Waals surface area (Å²) in [4.78, 5) is 16.2. The first kappa shape index (κ1) is 15.9. The Kier molecular flexibility index (Phi) is 3.62. The van der Waals surface area contributed by atoms with E-state index in [1.807, 2.05) is 0 Å². The number of sulfonamides is 1. The van der Waals surface area contributed by atoms with Gasteiger partial charge in [0, 0.05) is 6.07 Å². The van der Waals surface area contributed by atoms with Crippen LogP contribution < -0.4 is 19.9 Å². The second-order valence-corrected chi connectivity index (χ2v) is 7.43. The number of hydrogen-bond acceptors (Lipinski definition) is 5. The second-order valence-electron chi connectivity index (χ2n) is 5.37. The molecule has 3 aromatic rings. The number of ether oxygens (including phenoxy) is 2. The van der Waals surface area contributed by atoms with Crippen molar-refractivity contribution in [3.05, 3.63) is 45.8 Å². The summed E-state index contributed by atoms with van der Waals surface area (Å²) in [6.07, 6.45) is 0. The van der Waals surface area contributed by atoms with Crippen LogP contribution in [0.1, 0.15) is 0 Å². The molecule has 2 heterocycles. The van der Waals surface area contributed by atoms with Gasteiger partial charge in [-0.3, -0.25) is 4.72 Å². The van der Waals surface area contributed by atoms with Crippen LogP contribution in [0.15, 0.2) is 40.0 Å². The average Bonchev–Trinajstić information content (AvgIpc) is 2.92. The first-order chi connectivity index (χ1) is 11.9. The zero-order chi connectivity index (χ0) is 17.6. The van der Waals surface area contributed by atoms with Gasteiger partial charge in [-0.1, -0.05) is 11.6 Å². The number of benzene rings is 2. The van der Waals surface area contributed by atoms with Crippen LogP contribution in [0, 0.1) is 0 Å². The third-order valence-electron chi connectivity index (χ3n) is 3.65. The van der Waals surface area contributed by atoms with Crippen LogP contribution in [0.5, 0.6) is 11.5 Å². The minimum absolute atomic E-state index is 0.00667. The summed E-state index contributed by atoms with van der Waals surface area (Å²) in [5, 5.41) is -0.00667. The van der Waals surface area contributed by atoms with Crippen molar-refractivity contribution < 1.29 is 17.9 Å². The Morgan fingerprint density at radius 2 is 1.68 bits per heavy atom. The maximum absolute atomic E-state index is 12.7. The standard InChI is InChI=1S/C15H12ClN3O5S/c16-9-6-10-11(18-15(20)17-10)7-14(9)25(21,22)19-8-1-2-12-13(5-8)24-4-3-23-12/h1-2,5-7,19H,3-4H2,(H2,17,18,20). The molecule has 25 heavy (non-hydrogen) atoms. The van der Waals surface area contributed by atoms with E-state index in [1.165, 1.54) is 18.2 Å². The van der Waals surface area contributed by atoms with Gasteiger partial charge in [0.2, 0.25) is 0 Å². The number of anilines is 1. The number of aromatic amines is 2. The van der Waals surface area contributed by atoms with E-state index in [4.69, 9.17) is 21.1 Å². The van der Waals surface area contributed by atoms with Crippen LogP contribution in [-0.4, -0.2) is 31.6 Å². The molecule has 0 aliphatic carbocycles. The summed E-state index contributed by atoms with van der Waals surface area (Å²) in [5.74, 6) is 1.02. The van der Waals surface area contributed by atoms with Gasteiger partial charge in [-0.15, -0.1) is 0 Å². The number of halogens is 1. The second kappa shape index (κ2) is 5.71. The van der Waals surface area contributed by atoms with Crippen LogP contribution in [0.2, 0.25) is 5.02 Å². The van der Waals surface area contributed by atoms with E-state index in [0.717, 1.165) is 0 Å². The van der Waals surface area contributed by atoms with Crippen molar-refractivity contribution in [3.63, 3.8) is 0 Å². The average molecular weight is 382 g/mol. The van der Waals surface area contributed by atoms with Gasteiger partial charge in [-0.2, -0.15) is 0 Å². The molecule has 1 aliphatic rings. The molecular formula is C15H12ClN3O5S. The molecule has 0 saturated heterocycles. The lowest BCUT2D eigenvalue weighted by Crippen LogP contribution is -2.17. The summed E-state index contributed by atoms with van der Waals surface area (Å²) in [6, 6.07) is 7.41. The summed E-state index contributed by atoms with van der Waals surface area (Å²) in [5.41, 5.74) is 0.633. The molecule has 2 aromatic carbocycles. The number of H-pyrrole nitrogens is 2. The zero-order valence-corrected chi connectivity index (χ0v) is 14.2. The van der Waals surface area contributed by atoms with E-state index >= 15 is 0 Å². The van der Waals surface area contributed by atoms with E-state index < -0.39 is 15.7 Å². The van der Waals surface area contributed by atoms with Gasteiger partial charge in [0.1, 0.15) is 18.1 Å². The lowest BCUT2D eigenvalue weighted by atomic mass is 10.3. The number of imidazole rings is 1. The minimum atomic E-state index is -3.97. The van der Waals surface area contributed by atoms with Gasteiger partial charge in [0.15, 0.2) is 11.5 Å². The van der Waals surface area contributed by atoms with E-state index in [2.05, 4.69) is 14.7 Å². The Morgan fingerprint density at radius 1 is 1.00 bits per heavy atom. The smallest absolute Gasteiger partial charge is 0.323 e. The van der Waals surface area contributed by atoms with Crippen LogP contribution in [0.3, 0.4) is 0 Å². The summed E-state index contributed by atoms with van der Waals surface area (Å²) in [7, 11) is -3.97. The van der Waals surface area contributed by atoms with Gasteiger partial charge < -0.3 is 19.4 Å². The van der Waals surface area contributed by atoms with Gasteiger partial charge in [-0.25, -0.2) is 13.2 Å². The Bertz CT molecular complexity index is 1140. The van der Waals surface area contributed by atoms with Gasteiger partial charge in [0.05, 0.1) is 21.7 Å². The van der Waals surface area contributed by atoms with Crippen molar-refractivity contribution >= 4 is 38.3 Å². The molecule has 0 atom stereocenters. The molecule has 130 valence electrons. The van der Waals surface area contributed by atoms with E-state index in [-0.39, 0.29) is 9.92 Å². The van der Waals surface area contributed by atoms with E-state index in [9.17, 15) is 13.2 Å². The highest BCUT2D eigenvalue weighted by molar-refractivity contribution is 7.92. The Balaban J connectivity index is 1.72. The number of rotatable bonds is 3. The number of nitrogens with one attached hydrogen (secondary N) is 3. The van der Waals surface area contributed by atoms with Crippen molar-refractivity contribution in [1.29, 1.82) is 0 Å². The molecule has 0 fully saturated rings. The number of hydrogen-bond donors (Lipinski definition) is 3. The van der Waals surface area contributed by atoms with Gasteiger partial charge in [-0.05, 0) is 24.3 Å². The van der Waals surface area contributed by atoms with Gasteiger partial charge >= 0.3 is 5.69 Å². The van der Waals surface area contributed by atoms with Crippen molar-refractivity contribution in [1.82, 2.24) is 9.97 Å². The van der Waals surface area contributed by atoms with Crippen LogP contribution in [-0.2, 0) is 10.0 Å². The maximum Gasteiger partial charge on any atom is 0.323 e. The highest BCUT2D eigenvalue weighted by Crippen LogP contribution is 2.34. The Labute approximate surface area is 146 Å². The first-order valence-electron chi connectivity index (χ1n) is 7.26. The number of aromatic nitrogens is 2. The molecule has 0 bridgehead atoms. The van der Waals surface area contributed by atoms with Gasteiger partial charge in [0.25, 0.3) is 10.0 Å². The predicted octanol–water partition coefficient (Wildman–Crippen LogP) is 2.08. The first-order valence-corrected chi connectivity index (χ1v) is 9.12.